The first-order valence-electron chi connectivity index (χ1n) is 6.36. The van der Waals surface area contributed by atoms with Crippen LogP contribution in [0.1, 0.15) is 12.6 Å². The van der Waals surface area contributed by atoms with Crippen molar-refractivity contribution in [3.8, 4) is 0 Å². The van der Waals surface area contributed by atoms with Crippen molar-refractivity contribution >= 4 is 74.8 Å². The van der Waals surface area contributed by atoms with Gasteiger partial charge in [0.2, 0.25) is 0 Å². The number of hydrogen-bond donors (Lipinski definition) is 5. The van der Waals surface area contributed by atoms with E-state index in [0.717, 1.165) is 16.8 Å². The van der Waals surface area contributed by atoms with Crippen molar-refractivity contribution in [2.45, 2.75) is 24.9 Å². The smallest absolute Gasteiger partial charge is 0.390 e. The molecule has 1 saturated heterocycles. The molecule has 0 amide bonds. The van der Waals surface area contributed by atoms with Gasteiger partial charge in [-0.3, -0.25) is 18.9 Å². The van der Waals surface area contributed by atoms with Gasteiger partial charge in [0.05, 0.1) is 12.7 Å². The van der Waals surface area contributed by atoms with Crippen LogP contribution >= 0.6 is 15.6 Å². The normalized spacial score (nSPS) is 25.0. The van der Waals surface area contributed by atoms with Crippen LogP contribution in [0.25, 0.3) is 0 Å². The van der Waals surface area contributed by atoms with Crippen molar-refractivity contribution in [2.75, 3.05) is 6.61 Å². The number of phosphoric acid groups is 2. The van der Waals surface area contributed by atoms with Crippen molar-refractivity contribution in [3.05, 3.63) is 33.1 Å². The molecule has 13 nitrogen and oxygen atoms in total. The summed E-state index contributed by atoms with van der Waals surface area (Å²) in [6, 6.07) is 1.07. The minimum absolute atomic E-state index is 0. The molecule has 138 valence electrons. The number of H-pyrrole nitrogens is 1. The Hall–Kier alpha value is 0.860. The molecule has 2 heterocycles. The third-order valence-electron chi connectivity index (χ3n) is 2.98. The Labute approximate surface area is 190 Å². The topological polar surface area (TPSA) is 198 Å². The van der Waals surface area contributed by atoms with Gasteiger partial charge in [0, 0.05) is 77.8 Å². The van der Waals surface area contributed by atoms with E-state index in [-0.39, 0.29) is 65.5 Å². The quantitative estimate of drug-likeness (QED) is 0.237. The summed E-state index contributed by atoms with van der Waals surface area (Å²) in [6.45, 7) is -0.733. The number of nitrogens with one attached hydrogen (secondary N) is 1. The van der Waals surface area contributed by atoms with Crippen LogP contribution in [0.5, 0.6) is 0 Å². The predicted molar refractivity (Wildman–Crippen MR) is 86.3 cm³/mol. The van der Waals surface area contributed by atoms with Gasteiger partial charge < -0.3 is 24.5 Å². The number of aromatic nitrogens is 2. The maximum Gasteiger partial charge on any atom is 0.481 e. The molecule has 0 spiro atoms. The van der Waals surface area contributed by atoms with Gasteiger partial charge in [-0.05, 0) is 0 Å². The van der Waals surface area contributed by atoms with Crippen molar-refractivity contribution in [1.82, 2.24) is 9.55 Å². The van der Waals surface area contributed by atoms with E-state index in [9.17, 15) is 23.8 Å². The number of aliphatic hydroxyl groups excluding tert-OH is 1. The second kappa shape index (κ2) is 10.6. The monoisotopic (exact) mass is 434 g/mol. The van der Waals surface area contributed by atoms with E-state index in [4.69, 9.17) is 19.4 Å². The SMILES string of the molecule is O=c1ccn([C@H]2C[C@H](O)[C@@H](COP(=O)(O)OP(=O)(O)O)O2)c(=O)[nH]1.[Na].[Na]. The molecule has 1 fully saturated rings. The molecular weight excluding hydrogens is 420 g/mol. The molecule has 2 radical (unpaired) electrons. The molecule has 26 heavy (non-hydrogen) atoms. The van der Waals surface area contributed by atoms with Gasteiger partial charge in [0.25, 0.3) is 5.56 Å². The Morgan fingerprint density at radius 3 is 2.42 bits per heavy atom. The second-order valence-corrected chi connectivity index (χ2v) is 7.62. The van der Waals surface area contributed by atoms with Gasteiger partial charge in [-0.1, -0.05) is 0 Å². The fraction of sp³-hybridized carbons (Fsp3) is 0.556. The minimum Gasteiger partial charge on any atom is -0.390 e. The van der Waals surface area contributed by atoms with Crippen LogP contribution < -0.4 is 11.2 Å². The molecule has 0 bridgehead atoms. The summed E-state index contributed by atoms with van der Waals surface area (Å²) in [5.74, 6) is 0. The molecule has 4 atom stereocenters. The Balaban J connectivity index is 0.00000312. The largest absolute Gasteiger partial charge is 0.481 e. The summed E-state index contributed by atoms with van der Waals surface area (Å²) in [5, 5.41) is 9.84. The number of ether oxygens (including phenoxy) is 1. The molecule has 2 rings (SSSR count). The molecule has 1 aromatic rings. The van der Waals surface area contributed by atoms with Gasteiger partial charge >= 0.3 is 21.3 Å². The van der Waals surface area contributed by atoms with Crippen molar-refractivity contribution in [2.24, 2.45) is 0 Å². The molecule has 5 N–H and O–H groups in total. The molecule has 0 aliphatic carbocycles. The summed E-state index contributed by atoms with van der Waals surface area (Å²) in [7, 11) is -10.3. The fourth-order valence-electron chi connectivity index (χ4n) is 2.02. The van der Waals surface area contributed by atoms with Gasteiger partial charge in [-0.25, -0.2) is 13.9 Å². The van der Waals surface area contributed by atoms with Crippen LogP contribution in [-0.4, -0.2) is 107 Å². The molecule has 1 aromatic heterocycles. The van der Waals surface area contributed by atoms with Crippen LogP contribution in [0.15, 0.2) is 21.9 Å². The Morgan fingerprint density at radius 2 is 1.88 bits per heavy atom. The Kier molecular flexibility index (Phi) is 10.9. The fourth-order valence-corrected chi connectivity index (χ4v) is 3.61. The summed E-state index contributed by atoms with van der Waals surface area (Å²) in [5.41, 5.74) is -1.40. The molecule has 0 saturated carbocycles. The summed E-state index contributed by atoms with van der Waals surface area (Å²) < 4.78 is 36.1. The molecule has 1 aliphatic rings. The first-order valence-corrected chi connectivity index (χ1v) is 9.39. The zero-order chi connectivity index (χ0) is 18.1. The number of hydrogen-bond acceptors (Lipinski definition) is 8. The molecular formula is C9H14N2Na2O11P2. The molecule has 17 heteroatoms. The van der Waals surface area contributed by atoms with E-state index in [1.165, 1.54) is 0 Å². The van der Waals surface area contributed by atoms with Crippen LogP contribution in [0, 0.1) is 0 Å². The van der Waals surface area contributed by atoms with E-state index in [2.05, 4.69) is 8.83 Å². The van der Waals surface area contributed by atoms with Gasteiger partial charge in [-0.2, -0.15) is 4.31 Å². The Bertz CT molecular complexity index is 807. The zero-order valence-corrected chi connectivity index (χ0v) is 19.6. The second-order valence-electron chi connectivity index (χ2n) is 4.79. The van der Waals surface area contributed by atoms with Gasteiger partial charge in [0.1, 0.15) is 12.3 Å². The number of aromatic amines is 1. The number of aliphatic hydroxyl groups is 1. The van der Waals surface area contributed by atoms with Crippen LogP contribution in [0.3, 0.4) is 0 Å². The summed E-state index contributed by atoms with van der Waals surface area (Å²) in [4.78, 5) is 50.7. The van der Waals surface area contributed by atoms with E-state index in [0.29, 0.717) is 0 Å². The van der Waals surface area contributed by atoms with E-state index < -0.39 is 51.9 Å². The van der Waals surface area contributed by atoms with Crippen LogP contribution in [-0.2, 0) is 22.7 Å². The average Bonchev–Trinajstić information content (AvgIpc) is 2.75. The maximum atomic E-state index is 11.6. The summed E-state index contributed by atoms with van der Waals surface area (Å²) >= 11 is 0. The van der Waals surface area contributed by atoms with Crippen molar-refractivity contribution in [3.63, 3.8) is 0 Å². The number of nitrogens with zero attached hydrogens (tertiary/aromatic N) is 1. The van der Waals surface area contributed by atoms with Crippen LogP contribution in [0.2, 0.25) is 0 Å². The number of rotatable bonds is 6. The average molecular weight is 434 g/mol. The zero-order valence-electron chi connectivity index (χ0n) is 13.8. The van der Waals surface area contributed by atoms with Gasteiger partial charge in [-0.15, -0.1) is 0 Å². The predicted octanol–water partition coefficient (Wildman–Crippen LogP) is -2.35. The van der Waals surface area contributed by atoms with Crippen molar-refractivity contribution in [1.29, 1.82) is 0 Å². The van der Waals surface area contributed by atoms with Crippen LogP contribution in [0.4, 0.5) is 0 Å². The Morgan fingerprint density at radius 1 is 1.27 bits per heavy atom. The minimum atomic E-state index is -5.26. The first-order chi connectivity index (χ1) is 11.0. The van der Waals surface area contributed by atoms with Crippen molar-refractivity contribution < 1.29 is 42.5 Å². The van der Waals surface area contributed by atoms with E-state index >= 15 is 0 Å². The maximum absolute atomic E-state index is 11.6. The molecule has 0 aromatic carbocycles. The molecule has 1 aliphatic heterocycles. The third-order valence-corrected chi connectivity index (χ3v) is 5.13. The molecule has 1 unspecified atom stereocenters. The first kappa shape index (κ1) is 26.9. The van der Waals surface area contributed by atoms with E-state index in [1.807, 2.05) is 4.98 Å². The third kappa shape index (κ3) is 8.08. The summed E-state index contributed by atoms with van der Waals surface area (Å²) in [6.07, 6.45) is -2.29. The van der Waals surface area contributed by atoms with Gasteiger partial charge in [0.15, 0.2) is 0 Å². The number of phosphoric ester groups is 1. The standard InChI is InChI=1S/C9H14N2O11P2.2Na/c12-5-3-8(11-2-1-7(13)10-9(11)14)21-6(5)4-20-24(18,19)22-23(15,16)17;;/h1-2,5-6,8,12H,3-4H2,(H,18,19)(H,10,13,14)(H2,15,16,17);;/t5-,6+,8+;;/m0../s1. The van der Waals surface area contributed by atoms with E-state index in [1.54, 1.807) is 0 Å².